The van der Waals surface area contributed by atoms with Crippen molar-refractivity contribution in [3.05, 3.63) is 42.2 Å². The number of phenols is 1. The largest absolute Gasteiger partial charge is 0.507 e. The maximum Gasteiger partial charge on any atom is 0.163 e. The van der Waals surface area contributed by atoms with E-state index in [0.29, 0.717) is 11.1 Å². The van der Waals surface area contributed by atoms with Crippen molar-refractivity contribution >= 4 is 22.4 Å². The molecule has 0 aliphatic carbocycles. The van der Waals surface area contributed by atoms with E-state index in [2.05, 4.69) is 30.7 Å². The first-order valence-electron chi connectivity index (χ1n) is 13.4. The zero-order chi connectivity index (χ0) is 29.9. The van der Waals surface area contributed by atoms with E-state index in [1.807, 2.05) is 0 Å². The van der Waals surface area contributed by atoms with Gasteiger partial charge in [0, 0.05) is 31.2 Å². The van der Waals surface area contributed by atoms with E-state index < -0.39 is 40.4 Å². The minimum absolute atomic E-state index is 0.103. The highest BCUT2D eigenvalue weighted by Gasteiger charge is 2.13. The Morgan fingerprint density at radius 2 is 1.83 bits per heavy atom. The lowest BCUT2D eigenvalue weighted by molar-refractivity contribution is 0.132. The van der Waals surface area contributed by atoms with E-state index >= 15 is 0 Å². The molecule has 0 bridgehead atoms. The van der Waals surface area contributed by atoms with Crippen molar-refractivity contribution in [1.29, 1.82) is 0 Å². The van der Waals surface area contributed by atoms with Gasteiger partial charge in [0.1, 0.15) is 31.1 Å². The summed E-state index contributed by atoms with van der Waals surface area (Å²) in [5, 5.41) is 13.2. The maximum absolute atomic E-state index is 9.84. The summed E-state index contributed by atoms with van der Waals surface area (Å²) in [4.78, 5) is 8.33. The Balaban J connectivity index is 2.00. The fraction of sp³-hybridized carbons (Fsp3) is 0.273. The molecule has 0 saturated heterocycles. The molecule has 0 spiro atoms. The van der Waals surface area contributed by atoms with Crippen molar-refractivity contribution in [2.24, 2.45) is 0 Å². The number of fused-ring (bicyclic) bond motifs is 1. The smallest absolute Gasteiger partial charge is 0.163 e. The summed E-state index contributed by atoms with van der Waals surface area (Å²) in [5.41, 5.74) is 0.911. The summed E-state index contributed by atoms with van der Waals surface area (Å²) in [6.07, 6.45) is 6.61. The van der Waals surface area contributed by atoms with Crippen LogP contribution >= 0.6 is 0 Å². The third-order valence-corrected chi connectivity index (χ3v) is 3.83. The Hall–Kier alpha value is -3.54. The van der Waals surface area contributed by atoms with Crippen LogP contribution in [0.2, 0.25) is 0 Å². The number of terminal acetylenes is 1. The fourth-order valence-corrected chi connectivity index (χ4v) is 2.53. The summed E-state index contributed by atoms with van der Waals surface area (Å²) >= 11 is 0. The quantitative estimate of drug-likeness (QED) is 0.382. The Kier molecular flexibility index (Phi) is 3.98. The molecule has 2 N–H and O–H groups in total. The van der Waals surface area contributed by atoms with Crippen LogP contribution in [0.3, 0.4) is 0 Å². The van der Waals surface area contributed by atoms with Gasteiger partial charge >= 0.3 is 0 Å². The van der Waals surface area contributed by atoms with Crippen molar-refractivity contribution in [1.82, 2.24) is 9.97 Å². The number of hydrogen-bond acceptors (Lipinski definition) is 8. The lowest BCUT2D eigenvalue weighted by Crippen LogP contribution is -2.09. The molecule has 0 radical (unpaired) electrons. The Bertz CT molecular complexity index is 1410. The molecule has 8 nitrogen and oxygen atoms in total. The second-order valence-electron chi connectivity index (χ2n) is 5.61. The van der Waals surface area contributed by atoms with Crippen LogP contribution in [0, 0.1) is 12.3 Å². The molecule has 0 aliphatic heterocycles. The average molecular weight is 420 g/mol. The molecule has 156 valence electrons. The van der Waals surface area contributed by atoms with Crippen molar-refractivity contribution in [2.45, 2.75) is 0 Å². The van der Waals surface area contributed by atoms with Crippen molar-refractivity contribution in [2.75, 3.05) is 45.7 Å². The second kappa shape index (κ2) is 10.3. The molecular formula is C22H23N3O5. The molecular weight excluding hydrogens is 386 g/mol. The van der Waals surface area contributed by atoms with Crippen LogP contribution in [0.1, 0.15) is 19.3 Å². The molecule has 3 aromatic rings. The van der Waals surface area contributed by atoms with E-state index in [1.165, 1.54) is 36.7 Å². The number of hydrogen-bond donors (Lipinski definition) is 2. The predicted octanol–water partition coefficient (Wildman–Crippen LogP) is 3.11. The lowest BCUT2D eigenvalue weighted by Gasteiger charge is -2.15. The summed E-state index contributed by atoms with van der Waals surface area (Å²) in [5.74, 6) is 2.06. The van der Waals surface area contributed by atoms with Crippen molar-refractivity contribution < 1.29 is 37.8 Å². The number of methoxy groups -OCH3 is 2. The number of ether oxygens (including phenoxy) is 4. The number of nitrogens with one attached hydrogen (secondary N) is 1. The van der Waals surface area contributed by atoms with Crippen LogP contribution < -0.4 is 14.8 Å². The van der Waals surface area contributed by atoms with E-state index in [9.17, 15) is 5.11 Å². The van der Waals surface area contributed by atoms with Crippen LogP contribution in [-0.2, 0) is 9.47 Å². The average Bonchev–Trinajstić information content (AvgIpc) is 2.79. The minimum Gasteiger partial charge on any atom is -0.507 e. The molecule has 30 heavy (non-hydrogen) atoms. The van der Waals surface area contributed by atoms with Crippen LogP contribution in [0.15, 0.2) is 36.7 Å². The molecule has 0 aliphatic rings. The van der Waals surface area contributed by atoms with Gasteiger partial charge in [-0.2, -0.15) is 0 Å². The van der Waals surface area contributed by atoms with Crippen molar-refractivity contribution in [3.8, 4) is 29.6 Å². The molecule has 8 heteroatoms. The minimum atomic E-state index is -3.06. The van der Waals surface area contributed by atoms with Gasteiger partial charge in [-0.05, 0) is 24.3 Å². The van der Waals surface area contributed by atoms with E-state index in [0.717, 1.165) is 0 Å². The Morgan fingerprint density at radius 1 is 1.10 bits per heavy atom. The number of phenolic OH excluding ortho intramolecular Hbond substituents is 1. The maximum atomic E-state index is 9.84. The molecule has 0 fully saturated rings. The number of nitrogens with zero attached hydrogens (tertiary/aromatic N) is 2. The van der Waals surface area contributed by atoms with Gasteiger partial charge in [-0.25, -0.2) is 9.97 Å². The molecule has 0 amide bonds. The SMILES string of the molecule is [2H]C([2H])([2H])OC([2H])([2H])COc1cc2ncnc(Nc3ccc(O)c(C#C)c3)c2cc1OCC([2H])([2H])OC([2H])([2H])[2H]. The highest BCUT2D eigenvalue weighted by atomic mass is 16.5. The first kappa shape index (κ1) is 11.6. The van der Waals surface area contributed by atoms with Gasteiger partial charge < -0.3 is 29.4 Å². The molecule has 0 unspecified atom stereocenters. The number of benzene rings is 2. The van der Waals surface area contributed by atoms with E-state index in [4.69, 9.17) is 29.6 Å². The highest BCUT2D eigenvalue weighted by Crippen LogP contribution is 2.35. The molecule has 1 aromatic heterocycles. The Morgan fingerprint density at radius 3 is 2.53 bits per heavy atom. The van der Waals surface area contributed by atoms with E-state index in [-0.39, 0.29) is 34.1 Å². The first-order chi connectivity index (χ1) is 18.4. The van der Waals surface area contributed by atoms with Gasteiger partial charge in [0.15, 0.2) is 11.5 Å². The van der Waals surface area contributed by atoms with Crippen LogP contribution in [0.4, 0.5) is 11.5 Å². The van der Waals surface area contributed by atoms with Gasteiger partial charge in [0.2, 0.25) is 0 Å². The molecule has 0 atom stereocenters. The van der Waals surface area contributed by atoms with Gasteiger partial charge in [0.25, 0.3) is 0 Å². The number of rotatable bonds is 10. The number of anilines is 2. The zero-order valence-electron chi connectivity index (χ0n) is 25.4. The summed E-state index contributed by atoms with van der Waals surface area (Å²) in [6.45, 7) is -7.37. The topological polar surface area (TPSA) is 95.0 Å². The van der Waals surface area contributed by atoms with Gasteiger partial charge in [-0.3, -0.25) is 0 Å². The highest BCUT2D eigenvalue weighted by molar-refractivity contribution is 5.93. The van der Waals surface area contributed by atoms with E-state index in [1.54, 1.807) is 0 Å². The van der Waals surface area contributed by atoms with Gasteiger partial charge in [0.05, 0.1) is 37.9 Å². The van der Waals surface area contributed by atoms with Crippen molar-refractivity contribution in [3.63, 3.8) is 0 Å². The summed E-state index contributed by atoms with van der Waals surface area (Å²) in [6, 6.07) is 7.02. The predicted molar refractivity (Wildman–Crippen MR) is 114 cm³/mol. The molecule has 1 heterocycles. The monoisotopic (exact) mass is 419 g/mol. The number of aromatic hydroxyl groups is 1. The van der Waals surface area contributed by atoms with Gasteiger partial charge in [-0.1, -0.05) is 5.92 Å². The van der Waals surface area contributed by atoms with Gasteiger partial charge in [-0.15, -0.1) is 6.42 Å². The fourth-order valence-electron chi connectivity index (χ4n) is 2.53. The van der Waals surface area contributed by atoms with Crippen LogP contribution in [-0.4, -0.2) is 55.5 Å². The summed E-state index contributed by atoms with van der Waals surface area (Å²) in [7, 11) is -6.12. The third-order valence-electron chi connectivity index (χ3n) is 3.83. The molecule has 0 saturated carbocycles. The van der Waals surface area contributed by atoms with Crippen LogP contribution in [0.5, 0.6) is 17.2 Å². The normalized spacial score (nSPS) is 17.3. The zero-order valence-corrected chi connectivity index (χ0v) is 15.4. The first-order valence-corrected chi connectivity index (χ1v) is 8.38. The summed E-state index contributed by atoms with van der Waals surface area (Å²) < 4.78 is 93.7. The number of aromatic nitrogens is 2. The molecule has 2 aromatic carbocycles. The lowest BCUT2D eigenvalue weighted by atomic mass is 10.1. The Labute approximate surface area is 188 Å². The second-order valence-corrected chi connectivity index (χ2v) is 5.61. The van der Waals surface area contributed by atoms with Crippen LogP contribution in [0.25, 0.3) is 10.9 Å². The molecule has 3 rings (SSSR count). The third kappa shape index (κ3) is 5.08. The standard InChI is InChI=1S/C22H23N3O5/c1-4-15-11-16(5-6-19(15)26)25-22-17-12-20(29-9-7-27-2)21(30-10-8-28-3)13-18(17)23-14-24-22/h1,5-6,11-14,26H,7-10H2,2-3H3,(H,23,24,25)/i2D3,3D3,7D2,8D2.